The van der Waals surface area contributed by atoms with Gasteiger partial charge in [0.1, 0.15) is 0 Å². The predicted molar refractivity (Wildman–Crippen MR) is 305 cm³/mol. The van der Waals surface area contributed by atoms with E-state index in [4.69, 9.17) is 0 Å². The molecular formula is C67H41NS2. The van der Waals surface area contributed by atoms with Crippen LogP contribution in [-0.2, 0) is 5.41 Å². The monoisotopic (exact) mass is 923 g/mol. The maximum atomic E-state index is 2.57. The number of rotatable bonds is 3. The number of benzene rings is 12. The minimum Gasteiger partial charge on any atom is -0.309 e. The maximum Gasteiger partial charge on any atom is 0.0547 e. The molecule has 1 aliphatic rings. The van der Waals surface area contributed by atoms with Gasteiger partial charge >= 0.3 is 0 Å². The molecule has 3 heterocycles. The molecule has 0 atom stereocenters. The molecule has 0 saturated heterocycles. The van der Waals surface area contributed by atoms with Crippen molar-refractivity contribution in [3.8, 4) is 39.1 Å². The number of thiophene rings is 2. The van der Waals surface area contributed by atoms with Crippen LogP contribution in [0.15, 0.2) is 212 Å². The van der Waals surface area contributed by atoms with Crippen molar-refractivity contribution in [1.29, 1.82) is 0 Å². The first-order valence-corrected chi connectivity index (χ1v) is 25.9. The van der Waals surface area contributed by atoms with Gasteiger partial charge in [-0.15, -0.1) is 22.7 Å². The smallest absolute Gasteiger partial charge is 0.0547 e. The SMILES string of the molecule is CC1(C)c2ccccc2-c2ccc3cc4c(cc3c21)c1cc(-c2ccc3sc5ccccc5c3c2)c(-c2ccc3sc5ccccc5c3c2)cc1n4-c1ccc2c3ccccc3c3ccccc3c2c1. The summed E-state index contributed by atoms with van der Waals surface area (Å²) in [5, 5.41) is 18.0. The summed E-state index contributed by atoms with van der Waals surface area (Å²) in [6, 6.07) is 80.9. The van der Waals surface area contributed by atoms with Gasteiger partial charge in [-0.3, -0.25) is 0 Å². The summed E-state index contributed by atoms with van der Waals surface area (Å²) < 4.78 is 7.84. The summed E-state index contributed by atoms with van der Waals surface area (Å²) in [7, 11) is 0. The highest BCUT2D eigenvalue weighted by atomic mass is 32.1. The summed E-state index contributed by atoms with van der Waals surface area (Å²) in [6.07, 6.45) is 0. The standard InChI is InChI=1S/C67H41NS2/c1-67(2)59-20-10-7-17-47(59)50-27-23-40-33-60-56(36-53(40)66(50)67)55-35-51(38-24-29-64-57(31-38)48-18-8-11-21-62(48)69-64)52(39-25-30-65-58(32-39)49-19-9-12-22-63(49)70-65)37-61(55)68(60)41-26-28-46-44-15-4-3-13-42(44)43-14-5-6-16-45(43)54(46)34-41/h3-37H,1-2H3. The van der Waals surface area contributed by atoms with Gasteiger partial charge in [-0.2, -0.15) is 0 Å². The first-order chi connectivity index (χ1) is 34.4. The van der Waals surface area contributed by atoms with Crippen LogP contribution < -0.4 is 0 Å². The van der Waals surface area contributed by atoms with Crippen LogP contribution >= 0.6 is 22.7 Å². The zero-order chi connectivity index (χ0) is 46.0. The van der Waals surface area contributed by atoms with Crippen LogP contribution in [0.4, 0.5) is 0 Å². The van der Waals surface area contributed by atoms with Crippen LogP contribution in [0.5, 0.6) is 0 Å². The third-order valence-corrected chi connectivity index (χ3v) is 18.2. The van der Waals surface area contributed by atoms with Crippen molar-refractivity contribution in [2.75, 3.05) is 0 Å². The number of nitrogens with zero attached hydrogens (tertiary/aromatic N) is 1. The van der Waals surface area contributed by atoms with Gasteiger partial charge in [-0.05, 0) is 160 Å². The van der Waals surface area contributed by atoms with E-state index in [9.17, 15) is 0 Å². The van der Waals surface area contributed by atoms with Gasteiger partial charge in [0.15, 0.2) is 0 Å². The molecule has 0 saturated carbocycles. The van der Waals surface area contributed by atoms with E-state index in [1.165, 1.54) is 150 Å². The Morgan fingerprint density at radius 2 is 0.829 bits per heavy atom. The van der Waals surface area contributed by atoms with E-state index < -0.39 is 0 Å². The molecule has 0 N–H and O–H groups in total. The van der Waals surface area contributed by atoms with Crippen LogP contribution in [0.25, 0.3) is 144 Å². The molecule has 0 unspecified atom stereocenters. The molecule has 0 aliphatic heterocycles. The number of fused-ring (bicyclic) bond motifs is 20. The normalized spacial score (nSPS) is 13.4. The second-order valence-corrected chi connectivity index (χ2v) is 22.1. The quantitative estimate of drug-likeness (QED) is 0.156. The lowest BCUT2D eigenvalue weighted by Gasteiger charge is -2.23. The molecule has 12 aromatic carbocycles. The fourth-order valence-corrected chi connectivity index (χ4v) is 14.9. The highest BCUT2D eigenvalue weighted by molar-refractivity contribution is 7.26. The molecule has 1 nitrogen and oxygen atoms in total. The number of hydrogen-bond acceptors (Lipinski definition) is 2. The summed E-state index contributed by atoms with van der Waals surface area (Å²) in [6.45, 7) is 4.83. The Balaban J connectivity index is 1.05. The van der Waals surface area contributed by atoms with E-state index in [1.807, 2.05) is 22.7 Å². The lowest BCUT2D eigenvalue weighted by Crippen LogP contribution is -2.15. The van der Waals surface area contributed by atoms with Gasteiger partial charge in [0.2, 0.25) is 0 Å². The second-order valence-electron chi connectivity index (χ2n) is 19.9. The van der Waals surface area contributed by atoms with Crippen molar-refractivity contribution in [2.24, 2.45) is 0 Å². The van der Waals surface area contributed by atoms with Gasteiger partial charge in [0.05, 0.1) is 11.0 Å². The van der Waals surface area contributed by atoms with Gasteiger partial charge in [0, 0.05) is 62.2 Å². The fraction of sp³-hybridized carbons (Fsp3) is 0.0448. The van der Waals surface area contributed by atoms with Crippen LogP contribution in [0.1, 0.15) is 25.0 Å². The molecule has 3 heteroatoms. The summed E-state index contributed by atoms with van der Waals surface area (Å²) in [4.78, 5) is 0. The van der Waals surface area contributed by atoms with Crippen molar-refractivity contribution >= 4 is 128 Å². The van der Waals surface area contributed by atoms with E-state index >= 15 is 0 Å². The summed E-state index contributed by atoms with van der Waals surface area (Å²) >= 11 is 3.76. The van der Waals surface area contributed by atoms with E-state index in [0.29, 0.717) is 0 Å². The average Bonchev–Trinajstić information content (AvgIpc) is 4.13. The van der Waals surface area contributed by atoms with Gasteiger partial charge in [0.25, 0.3) is 0 Å². The molecule has 1 aliphatic carbocycles. The molecule has 16 rings (SSSR count). The summed E-state index contributed by atoms with van der Waals surface area (Å²) in [5.74, 6) is 0. The van der Waals surface area contributed by atoms with Gasteiger partial charge in [-0.25, -0.2) is 0 Å². The average molecular weight is 924 g/mol. The molecule has 70 heavy (non-hydrogen) atoms. The Kier molecular flexibility index (Phi) is 7.78. The summed E-state index contributed by atoms with van der Waals surface area (Å²) in [5.41, 5.74) is 13.8. The third-order valence-electron chi connectivity index (χ3n) is 15.9. The molecule has 0 spiro atoms. The number of hydrogen-bond donors (Lipinski definition) is 0. The fourth-order valence-electron chi connectivity index (χ4n) is 12.8. The van der Waals surface area contributed by atoms with E-state index in [0.717, 1.165) is 5.69 Å². The minimum atomic E-state index is -0.152. The van der Waals surface area contributed by atoms with Crippen molar-refractivity contribution in [3.63, 3.8) is 0 Å². The molecule has 0 bridgehead atoms. The molecule has 0 fully saturated rings. The van der Waals surface area contributed by atoms with E-state index in [1.54, 1.807) is 0 Å². The highest BCUT2D eigenvalue weighted by Crippen LogP contribution is 2.53. The molecule has 3 aromatic heterocycles. The molecule has 0 amide bonds. The molecular weight excluding hydrogens is 883 g/mol. The van der Waals surface area contributed by atoms with Crippen molar-refractivity contribution in [1.82, 2.24) is 4.57 Å². The van der Waals surface area contributed by atoms with Crippen molar-refractivity contribution < 1.29 is 0 Å². The Bertz CT molecular complexity index is 4770. The third kappa shape index (κ3) is 5.26. The topological polar surface area (TPSA) is 4.93 Å². The first-order valence-electron chi connectivity index (χ1n) is 24.3. The van der Waals surface area contributed by atoms with Crippen molar-refractivity contribution in [3.05, 3.63) is 223 Å². The second kappa shape index (κ2) is 14.0. The Hall–Kier alpha value is -8.08. The zero-order valence-electron chi connectivity index (χ0n) is 38.5. The Morgan fingerprint density at radius 3 is 1.49 bits per heavy atom. The largest absolute Gasteiger partial charge is 0.309 e. The molecule has 0 radical (unpaired) electrons. The lowest BCUT2D eigenvalue weighted by atomic mass is 9.80. The molecule has 15 aromatic rings. The van der Waals surface area contributed by atoms with Gasteiger partial charge < -0.3 is 4.57 Å². The highest BCUT2D eigenvalue weighted by Gasteiger charge is 2.37. The van der Waals surface area contributed by atoms with Crippen LogP contribution in [0.3, 0.4) is 0 Å². The number of aromatic nitrogens is 1. The van der Waals surface area contributed by atoms with Gasteiger partial charge in [-0.1, -0.05) is 153 Å². The minimum absolute atomic E-state index is 0.152. The lowest BCUT2D eigenvalue weighted by molar-refractivity contribution is 0.666. The predicted octanol–water partition coefficient (Wildman–Crippen LogP) is 19.8. The maximum absolute atomic E-state index is 2.57. The Labute approximate surface area is 411 Å². The first kappa shape index (κ1) is 38.8. The van der Waals surface area contributed by atoms with Crippen LogP contribution in [0.2, 0.25) is 0 Å². The molecule has 326 valence electrons. The van der Waals surface area contributed by atoms with Crippen molar-refractivity contribution in [2.45, 2.75) is 19.3 Å². The van der Waals surface area contributed by atoms with Crippen LogP contribution in [-0.4, -0.2) is 4.57 Å². The van der Waals surface area contributed by atoms with E-state index in [-0.39, 0.29) is 5.41 Å². The Morgan fingerprint density at radius 1 is 0.314 bits per heavy atom. The zero-order valence-corrected chi connectivity index (χ0v) is 40.1. The van der Waals surface area contributed by atoms with E-state index in [2.05, 4.69) is 231 Å². The van der Waals surface area contributed by atoms with Crippen LogP contribution in [0, 0.1) is 0 Å².